The average Bonchev–Trinajstić information content (AvgIpc) is 2.53. The van der Waals surface area contributed by atoms with E-state index in [1.807, 2.05) is 0 Å². The van der Waals surface area contributed by atoms with Gasteiger partial charge >= 0.3 is 5.97 Å². The summed E-state index contributed by atoms with van der Waals surface area (Å²) in [5.41, 5.74) is 8.86. The molecule has 1 rings (SSSR count). The van der Waals surface area contributed by atoms with Crippen molar-refractivity contribution >= 4 is 11.9 Å². The van der Waals surface area contributed by atoms with Gasteiger partial charge in [-0.2, -0.15) is 0 Å². The van der Waals surface area contributed by atoms with E-state index in [-0.39, 0.29) is 17.8 Å². The highest BCUT2D eigenvalue weighted by Gasteiger charge is 2.38. The molecule has 140 valence electrons. The Hall–Kier alpha value is -2.21. The summed E-state index contributed by atoms with van der Waals surface area (Å²) in [6.07, 6.45) is 3.20. The predicted octanol–water partition coefficient (Wildman–Crippen LogP) is 3.23. The minimum atomic E-state index is -0.711. The van der Waals surface area contributed by atoms with Crippen LogP contribution in [0.4, 0.5) is 0 Å². The zero-order valence-corrected chi connectivity index (χ0v) is 15.6. The predicted molar refractivity (Wildman–Crippen MR) is 93.4 cm³/mol. The lowest BCUT2D eigenvalue weighted by Gasteiger charge is -2.37. The highest BCUT2D eigenvalue weighted by molar-refractivity contribution is 5.87. The molecule has 1 heterocycles. The lowest BCUT2D eigenvalue weighted by atomic mass is 9.88. The summed E-state index contributed by atoms with van der Waals surface area (Å²) in [5.74, 6) is -0.441. The zero-order valence-electron chi connectivity index (χ0n) is 15.6. The number of nitrogens with one attached hydrogen (secondary N) is 1. The van der Waals surface area contributed by atoms with Crippen molar-refractivity contribution in [2.45, 2.75) is 78.2 Å². The molecule has 0 aromatic carbocycles. The van der Waals surface area contributed by atoms with Gasteiger partial charge in [0.15, 0.2) is 0 Å². The number of hydrogen-bond acceptors (Lipinski definition) is 5. The van der Waals surface area contributed by atoms with Gasteiger partial charge in [0.25, 0.3) is 0 Å². The van der Waals surface area contributed by atoms with Crippen molar-refractivity contribution in [2.75, 3.05) is 0 Å². The fraction of sp³-hybridized carbons (Fsp3) is 0.765. The molecule has 8 heteroatoms. The molecule has 25 heavy (non-hydrogen) atoms. The van der Waals surface area contributed by atoms with Gasteiger partial charge in [0.05, 0.1) is 18.2 Å². The third kappa shape index (κ3) is 6.31. The van der Waals surface area contributed by atoms with E-state index in [0.717, 1.165) is 12.8 Å². The van der Waals surface area contributed by atoms with Crippen molar-refractivity contribution < 1.29 is 19.1 Å². The van der Waals surface area contributed by atoms with Gasteiger partial charge in [-0.25, -0.2) is 4.79 Å². The Balaban J connectivity index is 3.16. The fourth-order valence-electron chi connectivity index (χ4n) is 2.87. The van der Waals surface area contributed by atoms with Crippen molar-refractivity contribution in [3.05, 3.63) is 22.3 Å². The number of carbonyl (C=O) groups is 2. The molecule has 0 spiro atoms. The molecule has 3 atom stereocenters. The van der Waals surface area contributed by atoms with Gasteiger partial charge < -0.3 is 14.8 Å². The Morgan fingerprint density at radius 1 is 1.40 bits per heavy atom. The van der Waals surface area contributed by atoms with Crippen LogP contribution in [-0.2, 0) is 19.1 Å². The molecule has 0 saturated carbocycles. The van der Waals surface area contributed by atoms with Gasteiger partial charge in [0.2, 0.25) is 11.7 Å². The van der Waals surface area contributed by atoms with Gasteiger partial charge in [-0.15, -0.1) is 0 Å². The monoisotopic (exact) mass is 352 g/mol. The molecule has 8 nitrogen and oxygen atoms in total. The molecule has 0 aromatic rings. The van der Waals surface area contributed by atoms with Crippen LogP contribution in [0, 0.1) is 5.92 Å². The van der Waals surface area contributed by atoms with E-state index in [2.05, 4.69) is 29.2 Å². The zero-order chi connectivity index (χ0) is 19.0. The normalized spacial score (nSPS) is 22.7. The van der Waals surface area contributed by atoms with Crippen LogP contribution in [0.5, 0.6) is 0 Å². The largest absolute Gasteiger partial charge is 0.481 e. The first-order valence-electron chi connectivity index (χ1n) is 8.73. The molecule has 0 saturated heterocycles. The minimum Gasteiger partial charge on any atom is -0.481 e. The number of azide groups is 1. The number of ether oxygens (including phenoxy) is 2. The Morgan fingerprint density at radius 3 is 2.52 bits per heavy atom. The van der Waals surface area contributed by atoms with Gasteiger partial charge in [0, 0.05) is 11.8 Å². The molecule has 1 aliphatic rings. The molecule has 0 aromatic heterocycles. The summed E-state index contributed by atoms with van der Waals surface area (Å²) in [7, 11) is 0. The van der Waals surface area contributed by atoms with E-state index >= 15 is 0 Å². The smallest absolute Gasteiger partial charge is 0.373 e. The fourth-order valence-corrected chi connectivity index (χ4v) is 2.87. The van der Waals surface area contributed by atoms with Crippen molar-refractivity contribution in [3.8, 4) is 0 Å². The van der Waals surface area contributed by atoms with Crippen LogP contribution in [0.15, 0.2) is 16.9 Å². The Labute approximate surface area is 148 Å². The third-order valence-corrected chi connectivity index (χ3v) is 4.19. The first-order chi connectivity index (χ1) is 11.8. The van der Waals surface area contributed by atoms with Crippen LogP contribution in [0.2, 0.25) is 0 Å². The summed E-state index contributed by atoms with van der Waals surface area (Å²) in [4.78, 5) is 26.6. The molecular weight excluding hydrogens is 324 g/mol. The van der Waals surface area contributed by atoms with Gasteiger partial charge in [0.1, 0.15) is 6.10 Å². The van der Waals surface area contributed by atoms with Crippen molar-refractivity contribution in [1.82, 2.24) is 5.32 Å². The molecule has 1 N–H and O–H groups in total. The van der Waals surface area contributed by atoms with Crippen molar-refractivity contribution in [3.63, 3.8) is 0 Å². The number of rotatable bonds is 8. The number of hydrogen-bond donors (Lipinski definition) is 1. The maximum absolute atomic E-state index is 12.2. The number of amides is 1. The SMILES string of the molecule is CCC(CC)C[C@@H]1OC(C(=O)OC(C)C)=C[C@H](N=[N+]=[N-])[C@H]1NC(C)=O. The van der Waals surface area contributed by atoms with Crippen LogP contribution in [0.25, 0.3) is 10.4 Å². The quantitative estimate of drug-likeness (QED) is 0.312. The van der Waals surface area contributed by atoms with Crippen LogP contribution in [0.3, 0.4) is 0 Å². The lowest BCUT2D eigenvalue weighted by Crippen LogP contribution is -2.53. The van der Waals surface area contributed by atoms with E-state index in [1.165, 1.54) is 13.0 Å². The maximum Gasteiger partial charge on any atom is 0.373 e. The molecule has 1 aliphatic heterocycles. The van der Waals surface area contributed by atoms with Crippen molar-refractivity contribution in [2.24, 2.45) is 11.0 Å². The van der Waals surface area contributed by atoms with E-state index in [9.17, 15) is 9.59 Å². The Bertz CT molecular complexity index is 551. The second kappa shape index (κ2) is 9.93. The van der Waals surface area contributed by atoms with Gasteiger partial charge in [-0.3, -0.25) is 4.79 Å². The number of nitrogens with zero attached hydrogens (tertiary/aromatic N) is 3. The molecule has 0 bridgehead atoms. The Morgan fingerprint density at radius 2 is 2.04 bits per heavy atom. The standard InChI is InChI=1S/C17H28N4O4/c1-6-12(7-2)8-14-16(19-11(5)22)13(20-21-18)9-15(25-14)17(23)24-10(3)4/h9-10,12-14,16H,6-8H2,1-5H3,(H,19,22)/t13-,14-,16+/m0/s1. The highest BCUT2D eigenvalue weighted by Crippen LogP contribution is 2.28. The molecule has 1 amide bonds. The van der Waals surface area contributed by atoms with E-state index < -0.39 is 24.2 Å². The minimum absolute atomic E-state index is 0.0312. The molecule has 0 radical (unpaired) electrons. The third-order valence-electron chi connectivity index (χ3n) is 4.19. The summed E-state index contributed by atoms with van der Waals surface area (Å²) < 4.78 is 11.0. The van der Waals surface area contributed by atoms with Crippen LogP contribution >= 0.6 is 0 Å². The topological polar surface area (TPSA) is 113 Å². The van der Waals surface area contributed by atoms with Crippen LogP contribution < -0.4 is 5.32 Å². The molecule has 0 unspecified atom stereocenters. The average molecular weight is 352 g/mol. The second-order valence-corrected chi connectivity index (χ2v) is 6.48. The van der Waals surface area contributed by atoms with Crippen LogP contribution in [-0.4, -0.2) is 36.2 Å². The number of carbonyl (C=O) groups excluding carboxylic acids is 2. The van der Waals surface area contributed by atoms with E-state index in [4.69, 9.17) is 15.0 Å². The van der Waals surface area contributed by atoms with Gasteiger partial charge in [-0.1, -0.05) is 31.8 Å². The summed E-state index contributed by atoms with van der Waals surface area (Å²) in [5, 5.41) is 6.54. The van der Waals surface area contributed by atoms with E-state index in [0.29, 0.717) is 12.3 Å². The number of esters is 1. The van der Waals surface area contributed by atoms with Crippen LogP contribution in [0.1, 0.15) is 53.9 Å². The first-order valence-corrected chi connectivity index (χ1v) is 8.73. The summed E-state index contributed by atoms with van der Waals surface area (Å²) in [6, 6.07) is -1.23. The molecule has 0 fully saturated rings. The maximum atomic E-state index is 12.2. The first kappa shape index (κ1) is 20.8. The molecular formula is C17H28N4O4. The molecule has 0 aliphatic carbocycles. The Kier molecular flexibility index (Phi) is 8.28. The highest BCUT2D eigenvalue weighted by atomic mass is 16.6. The summed E-state index contributed by atoms with van der Waals surface area (Å²) >= 11 is 0. The lowest BCUT2D eigenvalue weighted by molar-refractivity contribution is -0.149. The summed E-state index contributed by atoms with van der Waals surface area (Å²) in [6.45, 7) is 9.05. The van der Waals surface area contributed by atoms with Gasteiger partial charge in [-0.05, 0) is 37.8 Å². The second-order valence-electron chi connectivity index (χ2n) is 6.48. The van der Waals surface area contributed by atoms with Crippen molar-refractivity contribution in [1.29, 1.82) is 0 Å². The van der Waals surface area contributed by atoms with E-state index in [1.54, 1.807) is 13.8 Å².